The van der Waals surface area contributed by atoms with E-state index in [-0.39, 0.29) is 0 Å². The molecule has 1 fully saturated rings. The quantitative estimate of drug-likeness (QED) is 0.695. The summed E-state index contributed by atoms with van der Waals surface area (Å²) in [6, 6.07) is 17.6. The molecule has 1 aliphatic carbocycles. The Morgan fingerprint density at radius 1 is 0.850 bits per heavy atom. The molecule has 2 aromatic carbocycles. The first kappa shape index (κ1) is 11.9. The van der Waals surface area contributed by atoms with Crippen LogP contribution in [-0.2, 0) is 0 Å². The third-order valence-electron chi connectivity index (χ3n) is 4.46. The maximum absolute atomic E-state index is 3.51. The van der Waals surface area contributed by atoms with Crippen LogP contribution in [0, 0.1) is 5.92 Å². The highest BCUT2D eigenvalue weighted by Crippen LogP contribution is 2.44. The Morgan fingerprint density at radius 3 is 2.00 bits per heavy atom. The molecule has 0 bridgehead atoms. The van der Waals surface area contributed by atoms with Crippen molar-refractivity contribution in [2.24, 2.45) is 5.92 Å². The normalized spacial score (nSPS) is 20.4. The molecule has 0 saturated carbocycles. The van der Waals surface area contributed by atoms with Gasteiger partial charge in [0, 0.05) is 6.54 Å². The lowest BCUT2D eigenvalue weighted by molar-refractivity contribution is 0.439. The first-order valence-corrected chi connectivity index (χ1v) is 7.55. The van der Waals surface area contributed by atoms with Gasteiger partial charge in [-0.3, -0.25) is 0 Å². The van der Waals surface area contributed by atoms with Crippen LogP contribution in [0.5, 0.6) is 0 Å². The topological polar surface area (TPSA) is 12.0 Å². The minimum absolute atomic E-state index is 0.665. The van der Waals surface area contributed by atoms with Crippen LogP contribution in [0.4, 0.5) is 0 Å². The lowest BCUT2D eigenvalue weighted by Crippen LogP contribution is -2.28. The van der Waals surface area contributed by atoms with Crippen LogP contribution in [0.25, 0.3) is 16.7 Å². The van der Waals surface area contributed by atoms with Crippen LogP contribution in [0.1, 0.15) is 24.0 Å². The number of hydrogen-bond donors (Lipinski definition) is 1. The molecule has 2 aliphatic rings. The molecule has 0 amide bonds. The Morgan fingerprint density at radius 2 is 1.45 bits per heavy atom. The van der Waals surface area contributed by atoms with Gasteiger partial charge in [0.05, 0.1) is 0 Å². The highest BCUT2D eigenvalue weighted by atomic mass is 14.9. The van der Waals surface area contributed by atoms with E-state index >= 15 is 0 Å². The zero-order valence-corrected chi connectivity index (χ0v) is 11.6. The van der Waals surface area contributed by atoms with Crippen LogP contribution in [0.2, 0.25) is 0 Å². The van der Waals surface area contributed by atoms with Crippen molar-refractivity contribution < 1.29 is 0 Å². The molecule has 20 heavy (non-hydrogen) atoms. The molecule has 100 valence electrons. The summed E-state index contributed by atoms with van der Waals surface area (Å²) in [4.78, 5) is 0. The van der Waals surface area contributed by atoms with Crippen molar-refractivity contribution in [3.63, 3.8) is 0 Å². The van der Waals surface area contributed by atoms with Crippen molar-refractivity contribution in [1.82, 2.24) is 5.32 Å². The average molecular weight is 261 g/mol. The van der Waals surface area contributed by atoms with Gasteiger partial charge in [-0.25, -0.2) is 0 Å². The predicted molar refractivity (Wildman–Crippen MR) is 84.6 cm³/mol. The van der Waals surface area contributed by atoms with Gasteiger partial charge in [-0.1, -0.05) is 54.6 Å². The number of hydrogen-bond acceptors (Lipinski definition) is 1. The second-order valence-corrected chi connectivity index (χ2v) is 5.78. The monoisotopic (exact) mass is 261 g/mol. The molecule has 1 nitrogen and oxygen atoms in total. The van der Waals surface area contributed by atoms with Crippen LogP contribution in [0.15, 0.2) is 54.6 Å². The molecular weight excluding hydrogens is 242 g/mol. The van der Waals surface area contributed by atoms with Crippen LogP contribution >= 0.6 is 0 Å². The lowest BCUT2D eigenvalue weighted by atomic mass is 9.93. The summed E-state index contributed by atoms with van der Waals surface area (Å²) in [5, 5.41) is 3.51. The van der Waals surface area contributed by atoms with E-state index in [0.29, 0.717) is 5.92 Å². The molecule has 1 saturated heterocycles. The average Bonchev–Trinajstić information content (AvgIpc) is 2.84. The summed E-state index contributed by atoms with van der Waals surface area (Å²) >= 11 is 0. The van der Waals surface area contributed by atoms with Crippen molar-refractivity contribution in [1.29, 1.82) is 0 Å². The van der Waals surface area contributed by atoms with E-state index in [9.17, 15) is 0 Å². The summed E-state index contributed by atoms with van der Waals surface area (Å²) in [5.41, 5.74) is 7.01. The summed E-state index contributed by atoms with van der Waals surface area (Å²) < 4.78 is 0. The molecule has 0 unspecified atom stereocenters. The number of fused-ring (bicyclic) bond motifs is 3. The maximum Gasteiger partial charge on any atom is 0.00145 e. The van der Waals surface area contributed by atoms with Gasteiger partial charge in [-0.05, 0) is 53.1 Å². The van der Waals surface area contributed by atoms with E-state index in [2.05, 4.69) is 59.9 Å². The smallest absolute Gasteiger partial charge is 0.00145 e. The van der Waals surface area contributed by atoms with E-state index in [4.69, 9.17) is 0 Å². The minimum Gasteiger partial charge on any atom is -0.316 e. The lowest BCUT2D eigenvalue weighted by Gasteiger charge is -2.20. The Bertz CT molecular complexity index is 615. The molecule has 2 aromatic rings. The van der Waals surface area contributed by atoms with Crippen LogP contribution < -0.4 is 5.32 Å². The van der Waals surface area contributed by atoms with Crippen LogP contribution in [0.3, 0.4) is 0 Å². The van der Waals surface area contributed by atoms with Gasteiger partial charge in [0.15, 0.2) is 0 Å². The van der Waals surface area contributed by atoms with Gasteiger partial charge in [0.2, 0.25) is 0 Å². The Balaban J connectivity index is 1.84. The highest BCUT2D eigenvalue weighted by molar-refractivity contribution is 6.01. The molecule has 4 rings (SSSR count). The third-order valence-corrected chi connectivity index (χ3v) is 4.46. The Labute approximate surface area is 120 Å². The molecule has 1 atom stereocenters. The predicted octanol–water partition coefficient (Wildman–Crippen LogP) is 4.10. The molecule has 0 spiro atoms. The van der Waals surface area contributed by atoms with Crippen molar-refractivity contribution in [3.05, 3.63) is 65.7 Å². The maximum atomic E-state index is 3.51. The molecule has 1 heteroatoms. The standard InChI is InChI=1S/C19H19N/c1-3-9-17-15(7-1)16-8-2-4-10-18(16)19(17)12-14-6-5-11-20-13-14/h1-4,7-10,12,14,20H,5-6,11,13H2/t14-/m0/s1. The number of piperidine rings is 1. The van der Waals surface area contributed by atoms with E-state index < -0.39 is 0 Å². The summed E-state index contributed by atoms with van der Waals surface area (Å²) in [6.07, 6.45) is 5.09. The number of benzene rings is 2. The van der Waals surface area contributed by atoms with Crippen molar-refractivity contribution in [2.45, 2.75) is 12.8 Å². The summed E-state index contributed by atoms with van der Waals surface area (Å²) in [5.74, 6) is 0.665. The SMILES string of the molecule is C(=C1c2ccccc2-c2ccccc21)[C@@H]1CCCNC1. The molecular formula is C19H19N. The fraction of sp³-hybridized carbons (Fsp3) is 0.263. The van der Waals surface area contributed by atoms with Gasteiger partial charge in [-0.2, -0.15) is 0 Å². The fourth-order valence-electron chi connectivity index (χ4n) is 3.49. The van der Waals surface area contributed by atoms with Gasteiger partial charge in [-0.15, -0.1) is 0 Å². The van der Waals surface area contributed by atoms with Gasteiger partial charge < -0.3 is 5.32 Å². The molecule has 1 aliphatic heterocycles. The Hall–Kier alpha value is -1.86. The zero-order valence-electron chi connectivity index (χ0n) is 11.6. The van der Waals surface area contributed by atoms with Crippen molar-refractivity contribution >= 4 is 5.57 Å². The molecule has 1 heterocycles. The van der Waals surface area contributed by atoms with E-state index in [1.807, 2.05) is 0 Å². The fourth-order valence-corrected chi connectivity index (χ4v) is 3.49. The van der Waals surface area contributed by atoms with E-state index in [1.165, 1.54) is 47.2 Å². The number of rotatable bonds is 1. The van der Waals surface area contributed by atoms with Gasteiger partial charge in [0.1, 0.15) is 0 Å². The van der Waals surface area contributed by atoms with Crippen molar-refractivity contribution in [2.75, 3.05) is 13.1 Å². The molecule has 0 aromatic heterocycles. The third kappa shape index (κ3) is 1.90. The van der Waals surface area contributed by atoms with Crippen LogP contribution in [-0.4, -0.2) is 13.1 Å². The summed E-state index contributed by atoms with van der Waals surface area (Å²) in [7, 11) is 0. The van der Waals surface area contributed by atoms with E-state index in [0.717, 1.165) is 6.54 Å². The summed E-state index contributed by atoms with van der Waals surface area (Å²) in [6.45, 7) is 2.29. The van der Waals surface area contributed by atoms with Gasteiger partial charge in [0.25, 0.3) is 0 Å². The first-order chi connectivity index (χ1) is 9.93. The highest BCUT2D eigenvalue weighted by Gasteiger charge is 2.23. The minimum atomic E-state index is 0.665. The second kappa shape index (κ2) is 4.92. The number of nitrogens with one attached hydrogen (secondary N) is 1. The van der Waals surface area contributed by atoms with Crippen molar-refractivity contribution in [3.8, 4) is 11.1 Å². The second-order valence-electron chi connectivity index (χ2n) is 5.78. The first-order valence-electron chi connectivity index (χ1n) is 7.55. The Kier molecular flexibility index (Phi) is 2.93. The molecule has 1 N–H and O–H groups in total. The molecule has 0 radical (unpaired) electrons. The van der Waals surface area contributed by atoms with E-state index in [1.54, 1.807) is 0 Å². The zero-order chi connectivity index (χ0) is 13.4. The largest absolute Gasteiger partial charge is 0.316 e. The van der Waals surface area contributed by atoms with Gasteiger partial charge >= 0.3 is 0 Å².